The van der Waals surface area contributed by atoms with E-state index in [1.165, 1.54) is 19.1 Å². The molecule has 0 bridgehead atoms. The smallest absolute Gasteiger partial charge is 0.428 e. The third-order valence-electron chi connectivity index (χ3n) is 8.75. The molecule has 348 valence electrons. The molecule has 0 spiro atoms. The number of nitrogens with two attached hydrogens (primary N) is 1. The fraction of sp³-hybridized carbons (Fsp3) is 0.149. The Labute approximate surface area is 398 Å². The highest BCUT2D eigenvalue weighted by Crippen LogP contribution is 2.57. The van der Waals surface area contributed by atoms with Crippen molar-refractivity contribution in [3.63, 3.8) is 0 Å². The third-order valence-corrected chi connectivity index (χ3v) is 12.1. The number of nitrogens with one attached hydrogen (secondary N) is 1. The number of rotatable bonds is 13. The third kappa shape index (κ3) is 18.9. The van der Waals surface area contributed by atoms with Gasteiger partial charge in [-0.2, -0.15) is 0 Å². The van der Waals surface area contributed by atoms with Crippen molar-refractivity contribution >= 4 is 90.3 Å². The average Bonchev–Trinajstić information content (AvgIpc) is 3.28. The van der Waals surface area contributed by atoms with Gasteiger partial charge in [0.1, 0.15) is 46.9 Å². The number of benzene rings is 7. The largest absolute Gasteiger partial charge is 0.744 e. The summed E-state index contributed by atoms with van der Waals surface area (Å²) in [7, 11) is -4.27. The normalized spacial score (nSPS) is 12.8. The summed E-state index contributed by atoms with van der Waals surface area (Å²) in [6, 6.07) is 49.0. The maximum absolute atomic E-state index is 12.6. The molecule has 0 aliphatic heterocycles. The predicted octanol–water partition coefficient (Wildman–Crippen LogP) is 12.1. The summed E-state index contributed by atoms with van der Waals surface area (Å²) in [6.45, 7) is 1.57. The van der Waals surface area contributed by atoms with E-state index in [0.717, 1.165) is 38.2 Å². The molecular weight excluding hydrogens is 969 g/mol. The van der Waals surface area contributed by atoms with Crippen LogP contribution in [-0.4, -0.2) is 37.0 Å². The van der Waals surface area contributed by atoms with Crippen LogP contribution in [0.15, 0.2) is 175 Å². The highest BCUT2D eigenvalue weighted by molar-refractivity contribution is 8.05. The Balaban J connectivity index is 0.000000207. The van der Waals surface area contributed by atoms with Crippen molar-refractivity contribution in [1.82, 2.24) is 5.09 Å². The zero-order chi connectivity index (χ0) is 48.3. The van der Waals surface area contributed by atoms with Crippen LogP contribution in [0.2, 0.25) is 0 Å². The lowest BCUT2D eigenvalue weighted by Crippen LogP contribution is -2.33. The summed E-state index contributed by atoms with van der Waals surface area (Å²) in [5.41, 5.74) is 8.08. The van der Waals surface area contributed by atoms with E-state index in [-0.39, 0.29) is 17.5 Å². The Morgan fingerprint density at radius 1 is 0.606 bits per heavy atom. The number of carbonyl (C=O) groups excluding carboxylic acids is 2. The quantitative estimate of drug-likeness (QED) is 0.0628. The highest BCUT2D eigenvalue weighted by Gasteiger charge is 2.29. The number of halogens is 3. The lowest BCUT2D eigenvalue weighted by Gasteiger charge is -2.19. The van der Waals surface area contributed by atoms with E-state index in [9.17, 15) is 31.7 Å². The Morgan fingerprint density at radius 2 is 1.02 bits per heavy atom. The average molecular weight is 1020 g/mol. The van der Waals surface area contributed by atoms with Crippen molar-refractivity contribution in [2.24, 2.45) is 5.73 Å². The van der Waals surface area contributed by atoms with Crippen molar-refractivity contribution in [1.29, 1.82) is 0 Å². The van der Waals surface area contributed by atoms with E-state index in [1.807, 2.05) is 128 Å². The fourth-order valence-corrected chi connectivity index (χ4v) is 8.52. The molecule has 66 heavy (non-hydrogen) atoms. The first kappa shape index (κ1) is 53.4. The van der Waals surface area contributed by atoms with Crippen LogP contribution in [0, 0.1) is 6.92 Å². The predicted molar refractivity (Wildman–Crippen MR) is 260 cm³/mol. The van der Waals surface area contributed by atoms with Crippen molar-refractivity contribution in [3.05, 3.63) is 187 Å². The Morgan fingerprint density at radius 3 is 1.45 bits per heavy atom. The van der Waals surface area contributed by atoms with E-state index in [1.54, 1.807) is 43.3 Å². The van der Waals surface area contributed by atoms with Gasteiger partial charge in [0.05, 0.1) is 4.90 Å². The topological polar surface area (TPSA) is 200 Å². The Hall–Kier alpha value is -5.24. The van der Waals surface area contributed by atoms with Crippen molar-refractivity contribution < 1.29 is 50.2 Å². The van der Waals surface area contributed by atoms with Crippen molar-refractivity contribution in [2.45, 2.75) is 51.0 Å². The minimum Gasteiger partial charge on any atom is -0.744 e. The molecular formula is C47H46Cl3N2O11P2S-. The van der Waals surface area contributed by atoms with E-state index >= 15 is 0 Å². The molecule has 7 aromatic rings. The van der Waals surface area contributed by atoms with E-state index in [4.69, 9.17) is 58.0 Å². The number of ether oxygens (including phenoxy) is 2. The first-order valence-electron chi connectivity index (χ1n) is 19.8. The van der Waals surface area contributed by atoms with Gasteiger partial charge in [-0.15, -0.1) is 0 Å². The summed E-state index contributed by atoms with van der Waals surface area (Å²) in [6.07, 6.45) is -3.55. The molecule has 0 aromatic heterocycles. The minimum absolute atomic E-state index is 0.127. The maximum Gasteiger partial charge on any atom is 0.428 e. The lowest BCUT2D eigenvalue weighted by atomic mass is 10.1. The minimum atomic E-state index is -4.27. The van der Waals surface area contributed by atoms with Gasteiger partial charge in [-0.1, -0.05) is 151 Å². The number of hydrogen-bond donors (Lipinski definition) is 2. The second-order valence-electron chi connectivity index (χ2n) is 14.1. The van der Waals surface area contributed by atoms with Gasteiger partial charge >= 0.3 is 24.9 Å². The van der Waals surface area contributed by atoms with Crippen molar-refractivity contribution in [3.8, 4) is 11.5 Å². The zero-order valence-corrected chi connectivity index (χ0v) is 40.6. The lowest BCUT2D eigenvalue weighted by molar-refractivity contribution is -0.147. The van der Waals surface area contributed by atoms with E-state index < -0.39 is 41.1 Å². The van der Waals surface area contributed by atoms with Crippen LogP contribution < -0.4 is 19.9 Å². The van der Waals surface area contributed by atoms with Gasteiger partial charge in [-0.05, 0) is 66.9 Å². The van der Waals surface area contributed by atoms with Crippen LogP contribution in [-0.2, 0) is 51.5 Å². The molecule has 3 atom stereocenters. The number of fused-ring (bicyclic) bond motifs is 2. The van der Waals surface area contributed by atoms with Crippen molar-refractivity contribution in [2.75, 3.05) is 0 Å². The number of hydrogen-bond acceptors (Lipinski definition) is 12. The maximum atomic E-state index is 12.6. The first-order valence-corrected chi connectivity index (χ1v) is 27.2. The van der Waals surface area contributed by atoms with Crippen LogP contribution in [0.1, 0.15) is 30.5 Å². The first-order chi connectivity index (χ1) is 31.2. The van der Waals surface area contributed by atoms with Crippen LogP contribution in [0.25, 0.3) is 21.5 Å². The fourth-order valence-electron chi connectivity index (χ4n) is 5.52. The molecule has 0 aliphatic carbocycles. The van der Waals surface area contributed by atoms with Gasteiger partial charge < -0.3 is 28.8 Å². The van der Waals surface area contributed by atoms with Gasteiger partial charge in [0.15, 0.2) is 0 Å². The molecule has 13 nitrogen and oxygen atoms in total. The molecule has 0 saturated carbocycles. The molecule has 3 N–H and O–H groups in total. The monoisotopic (exact) mass is 1010 g/mol. The van der Waals surface area contributed by atoms with Gasteiger partial charge in [0.25, 0.3) is 0 Å². The SMILES string of the molecule is C[C@H](N)C(=O)OCc1ccccc1.C[C@H](NP(=O)(Cl)Oc1cccc2ccccc12)C(=O)OCc1ccccc1.Cc1ccc(S(=O)(=O)[O-])cc1.O=P(Cl)(Cl)Oc1cccc2ccccc12. The molecule has 0 saturated heterocycles. The second-order valence-corrected chi connectivity index (χ2v) is 22.4. The number of carbonyl (C=O) groups is 2. The van der Waals surface area contributed by atoms with Crippen LogP contribution in [0.3, 0.4) is 0 Å². The second kappa shape index (κ2) is 25.6. The number of aryl methyl sites for hydroxylation is 1. The summed E-state index contributed by atoms with van der Waals surface area (Å²) >= 11 is 16.8. The van der Waals surface area contributed by atoms with Crippen LogP contribution in [0.5, 0.6) is 11.5 Å². The summed E-state index contributed by atoms with van der Waals surface area (Å²) in [4.78, 5) is 22.9. The highest BCUT2D eigenvalue weighted by atomic mass is 35.9. The molecule has 19 heteroatoms. The Bertz CT molecular complexity index is 2860. The summed E-state index contributed by atoms with van der Waals surface area (Å²) < 4.78 is 75.6. The standard InChI is InChI=1S/C20H19ClNO4P.C10H7Cl2O2P.C10H13NO2.C7H8O3S/c1-15(20(23)25-14-16-8-3-2-4-9-16)22-27(21,24)26-19-13-7-11-17-10-5-6-12-18(17)19;11-15(12,13)14-10-7-3-5-8-4-1-2-6-9(8)10;1-8(11)10(12)13-7-9-5-3-2-4-6-9;1-6-2-4-7(5-3-6)11(8,9)10/h2-13,15H,14H2,1H3,(H,22,24);1-7H;2-6,8H,7,11H2,1H3;2-5H,1H3,(H,8,9,10)/p-1/t15-,27?;;8-;/m0.0./s1. The van der Waals surface area contributed by atoms with E-state index in [0.29, 0.717) is 18.1 Å². The summed E-state index contributed by atoms with van der Waals surface area (Å²) in [5, 5.41) is 6.06. The molecule has 1 unspecified atom stereocenters. The van der Waals surface area contributed by atoms with Gasteiger partial charge in [0.2, 0.25) is 0 Å². The van der Waals surface area contributed by atoms with E-state index in [2.05, 4.69) is 5.09 Å². The van der Waals surface area contributed by atoms with Crippen LogP contribution in [0.4, 0.5) is 0 Å². The molecule has 0 aliphatic rings. The summed E-state index contributed by atoms with van der Waals surface area (Å²) in [5.74, 6) is -0.129. The molecule has 0 heterocycles. The number of esters is 2. The zero-order valence-electron chi connectivity index (χ0n) is 35.7. The van der Waals surface area contributed by atoms with Crippen LogP contribution >= 0.6 is 46.7 Å². The van der Waals surface area contributed by atoms with Gasteiger partial charge in [-0.3, -0.25) is 9.59 Å². The van der Waals surface area contributed by atoms with Gasteiger partial charge in [0, 0.05) is 44.5 Å². The molecule has 0 fully saturated rings. The molecule has 0 radical (unpaired) electrons. The molecule has 7 aromatic carbocycles. The molecule has 0 amide bonds. The van der Waals surface area contributed by atoms with Gasteiger partial charge in [-0.25, -0.2) is 22.6 Å². The molecule has 7 rings (SSSR count). The Kier molecular flexibility index (Phi) is 20.7.